The standard InChI is InChI=1S/C18H29N3O/c1-5-19-18(21(3)4)20-13-16-7-6-12-22-17(16)15-10-8-14(2)9-11-15/h8-11,16-17H,5-7,12-13H2,1-4H3,(H,19,20). The highest BCUT2D eigenvalue weighted by Gasteiger charge is 2.27. The van der Waals surface area contributed by atoms with E-state index in [4.69, 9.17) is 9.73 Å². The minimum absolute atomic E-state index is 0.170. The van der Waals surface area contributed by atoms with Crippen LogP contribution in [-0.4, -0.2) is 44.7 Å². The zero-order valence-electron chi connectivity index (χ0n) is 14.3. The molecule has 2 unspecified atom stereocenters. The molecule has 1 aromatic carbocycles. The van der Waals surface area contributed by atoms with Crippen molar-refractivity contribution in [1.82, 2.24) is 10.2 Å². The van der Waals surface area contributed by atoms with Gasteiger partial charge < -0.3 is 15.0 Å². The number of nitrogens with one attached hydrogen (secondary N) is 1. The van der Waals surface area contributed by atoms with Crippen molar-refractivity contribution >= 4 is 5.96 Å². The molecule has 1 fully saturated rings. The first kappa shape index (κ1) is 16.8. The molecule has 0 aromatic heterocycles. The van der Waals surface area contributed by atoms with Crippen LogP contribution in [0.3, 0.4) is 0 Å². The first-order valence-corrected chi connectivity index (χ1v) is 8.25. The fourth-order valence-electron chi connectivity index (χ4n) is 2.87. The predicted octanol–water partition coefficient (Wildman–Crippen LogP) is 2.99. The van der Waals surface area contributed by atoms with E-state index in [9.17, 15) is 0 Å². The largest absolute Gasteiger partial charge is 0.373 e. The molecule has 0 radical (unpaired) electrons. The number of nitrogens with zero attached hydrogens (tertiary/aromatic N) is 2. The van der Waals surface area contributed by atoms with Gasteiger partial charge in [0.1, 0.15) is 0 Å². The molecule has 1 heterocycles. The Labute approximate surface area is 134 Å². The van der Waals surface area contributed by atoms with Crippen molar-refractivity contribution in [2.45, 2.75) is 32.8 Å². The lowest BCUT2D eigenvalue weighted by molar-refractivity contribution is -0.0250. The molecule has 1 aromatic rings. The van der Waals surface area contributed by atoms with Gasteiger partial charge in [-0.25, -0.2) is 0 Å². The van der Waals surface area contributed by atoms with Crippen molar-refractivity contribution in [3.8, 4) is 0 Å². The quantitative estimate of drug-likeness (QED) is 0.686. The lowest BCUT2D eigenvalue weighted by Gasteiger charge is -2.31. The van der Waals surface area contributed by atoms with Crippen molar-refractivity contribution in [3.05, 3.63) is 35.4 Å². The lowest BCUT2D eigenvalue weighted by atomic mass is 9.89. The Morgan fingerprint density at radius 3 is 2.68 bits per heavy atom. The molecular weight excluding hydrogens is 274 g/mol. The molecule has 1 aliphatic rings. The second kappa shape index (κ2) is 8.18. The Hall–Kier alpha value is -1.55. The zero-order valence-corrected chi connectivity index (χ0v) is 14.3. The highest BCUT2D eigenvalue weighted by Crippen LogP contribution is 2.33. The number of rotatable bonds is 4. The monoisotopic (exact) mass is 303 g/mol. The molecule has 2 atom stereocenters. The Kier molecular flexibility index (Phi) is 6.25. The molecule has 0 amide bonds. The van der Waals surface area contributed by atoms with Gasteiger partial charge in [0.15, 0.2) is 5.96 Å². The van der Waals surface area contributed by atoms with E-state index in [1.54, 1.807) is 0 Å². The van der Waals surface area contributed by atoms with Gasteiger partial charge in [-0.2, -0.15) is 0 Å². The maximum absolute atomic E-state index is 6.07. The van der Waals surface area contributed by atoms with Gasteiger partial charge in [0, 0.05) is 39.7 Å². The first-order valence-electron chi connectivity index (χ1n) is 8.25. The van der Waals surface area contributed by atoms with E-state index in [2.05, 4.69) is 43.4 Å². The Morgan fingerprint density at radius 1 is 1.32 bits per heavy atom. The van der Waals surface area contributed by atoms with Crippen molar-refractivity contribution in [1.29, 1.82) is 0 Å². The Bertz CT molecular complexity index is 482. The average Bonchev–Trinajstić information content (AvgIpc) is 2.52. The third kappa shape index (κ3) is 4.47. The molecule has 0 aliphatic carbocycles. The van der Waals surface area contributed by atoms with Crippen LogP contribution >= 0.6 is 0 Å². The van der Waals surface area contributed by atoms with Gasteiger partial charge >= 0.3 is 0 Å². The van der Waals surface area contributed by atoms with Crippen molar-refractivity contribution in [2.75, 3.05) is 33.8 Å². The molecule has 22 heavy (non-hydrogen) atoms. The predicted molar refractivity (Wildman–Crippen MR) is 92.3 cm³/mol. The van der Waals surface area contributed by atoms with E-state index < -0.39 is 0 Å². The summed E-state index contributed by atoms with van der Waals surface area (Å²) in [5, 5.41) is 3.32. The molecule has 4 heteroatoms. The number of benzene rings is 1. The number of aliphatic imine (C=N–C) groups is 1. The molecule has 2 rings (SSSR count). The lowest BCUT2D eigenvalue weighted by Crippen LogP contribution is -2.37. The van der Waals surface area contributed by atoms with Gasteiger partial charge in [-0.15, -0.1) is 0 Å². The van der Waals surface area contributed by atoms with Crippen LogP contribution in [0, 0.1) is 12.8 Å². The number of hydrogen-bond donors (Lipinski definition) is 1. The number of aryl methyl sites for hydroxylation is 1. The second-order valence-corrected chi connectivity index (χ2v) is 6.19. The summed E-state index contributed by atoms with van der Waals surface area (Å²) < 4.78 is 6.07. The minimum atomic E-state index is 0.170. The van der Waals surface area contributed by atoms with Crippen LogP contribution in [-0.2, 0) is 4.74 Å². The van der Waals surface area contributed by atoms with Gasteiger partial charge in [0.2, 0.25) is 0 Å². The summed E-state index contributed by atoms with van der Waals surface area (Å²) in [4.78, 5) is 6.82. The van der Waals surface area contributed by atoms with E-state index >= 15 is 0 Å². The van der Waals surface area contributed by atoms with Crippen LogP contribution in [0.2, 0.25) is 0 Å². The molecule has 1 N–H and O–H groups in total. The highest BCUT2D eigenvalue weighted by molar-refractivity contribution is 5.79. The fourth-order valence-corrected chi connectivity index (χ4v) is 2.87. The number of ether oxygens (including phenoxy) is 1. The van der Waals surface area contributed by atoms with E-state index in [0.29, 0.717) is 5.92 Å². The summed E-state index contributed by atoms with van der Waals surface area (Å²) in [6, 6.07) is 8.72. The topological polar surface area (TPSA) is 36.9 Å². The molecule has 4 nitrogen and oxygen atoms in total. The molecule has 0 saturated carbocycles. The van der Waals surface area contributed by atoms with Crippen LogP contribution in [0.15, 0.2) is 29.3 Å². The van der Waals surface area contributed by atoms with Crippen LogP contribution in [0.1, 0.15) is 37.0 Å². The molecule has 0 bridgehead atoms. The maximum Gasteiger partial charge on any atom is 0.193 e. The Balaban J connectivity index is 2.09. The summed E-state index contributed by atoms with van der Waals surface area (Å²) in [6.45, 7) is 6.76. The van der Waals surface area contributed by atoms with E-state index in [1.807, 2.05) is 19.0 Å². The average molecular weight is 303 g/mol. The number of hydrogen-bond acceptors (Lipinski definition) is 2. The summed E-state index contributed by atoms with van der Waals surface area (Å²) in [5.41, 5.74) is 2.57. The normalized spacial score (nSPS) is 22.5. The summed E-state index contributed by atoms with van der Waals surface area (Å²) in [5.74, 6) is 1.40. The van der Waals surface area contributed by atoms with Crippen LogP contribution < -0.4 is 5.32 Å². The van der Waals surface area contributed by atoms with Gasteiger partial charge in [-0.3, -0.25) is 4.99 Å². The van der Waals surface area contributed by atoms with Gasteiger partial charge in [-0.1, -0.05) is 29.8 Å². The second-order valence-electron chi connectivity index (χ2n) is 6.19. The first-order chi connectivity index (χ1) is 10.6. The smallest absolute Gasteiger partial charge is 0.193 e. The van der Waals surface area contributed by atoms with Crippen LogP contribution in [0.4, 0.5) is 0 Å². The summed E-state index contributed by atoms with van der Waals surface area (Å²) >= 11 is 0. The van der Waals surface area contributed by atoms with Crippen LogP contribution in [0.25, 0.3) is 0 Å². The maximum atomic E-state index is 6.07. The van der Waals surface area contributed by atoms with Crippen LogP contribution in [0.5, 0.6) is 0 Å². The molecule has 1 saturated heterocycles. The Morgan fingerprint density at radius 2 is 2.05 bits per heavy atom. The third-order valence-corrected chi connectivity index (χ3v) is 4.08. The molecule has 1 aliphatic heterocycles. The molecule has 0 spiro atoms. The van der Waals surface area contributed by atoms with Gasteiger partial charge in [-0.05, 0) is 32.3 Å². The van der Waals surface area contributed by atoms with E-state index in [-0.39, 0.29) is 6.10 Å². The van der Waals surface area contributed by atoms with Crippen molar-refractivity contribution in [3.63, 3.8) is 0 Å². The SMILES string of the molecule is CCNC(=NCC1CCCOC1c1ccc(C)cc1)N(C)C. The highest BCUT2D eigenvalue weighted by atomic mass is 16.5. The molecule has 122 valence electrons. The van der Waals surface area contributed by atoms with E-state index in [1.165, 1.54) is 17.5 Å². The minimum Gasteiger partial charge on any atom is -0.373 e. The van der Waals surface area contributed by atoms with E-state index in [0.717, 1.165) is 32.1 Å². The van der Waals surface area contributed by atoms with Crippen molar-refractivity contribution < 1.29 is 4.74 Å². The fraction of sp³-hybridized carbons (Fsp3) is 0.611. The number of guanidine groups is 1. The molecular formula is C18H29N3O. The van der Waals surface area contributed by atoms with Crippen molar-refractivity contribution in [2.24, 2.45) is 10.9 Å². The van der Waals surface area contributed by atoms with Gasteiger partial charge in [0.25, 0.3) is 0 Å². The third-order valence-electron chi connectivity index (χ3n) is 4.08. The summed E-state index contributed by atoms with van der Waals surface area (Å²) in [7, 11) is 4.05. The van der Waals surface area contributed by atoms with Gasteiger partial charge in [0.05, 0.1) is 6.10 Å². The summed E-state index contributed by atoms with van der Waals surface area (Å²) in [6.07, 6.45) is 2.47. The zero-order chi connectivity index (χ0) is 15.9.